The van der Waals surface area contributed by atoms with Gasteiger partial charge in [-0.1, -0.05) is 24.3 Å². The van der Waals surface area contributed by atoms with Crippen molar-refractivity contribution < 1.29 is 4.79 Å². The number of rotatable bonds is 4. The van der Waals surface area contributed by atoms with Gasteiger partial charge in [-0.05, 0) is 17.2 Å². The molecule has 0 bridgehead atoms. The summed E-state index contributed by atoms with van der Waals surface area (Å²) in [6.07, 6.45) is 1.47. The van der Waals surface area contributed by atoms with Gasteiger partial charge in [-0.15, -0.1) is 0 Å². The van der Waals surface area contributed by atoms with Crippen molar-refractivity contribution in [3.8, 4) is 0 Å². The van der Waals surface area contributed by atoms with Gasteiger partial charge in [0.15, 0.2) is 0 Å². The molecular formula is C15H17N3O2. The first kappa shape index (κ1) is 14.0. The molecule has 0 aliphatic rings. The predicted octanol–water partition coefficient (Wildman–Crippen LogP) is 1.11. The van der Waals surface area contributed by atoms with Gasteiger partial charge in [0.1, 0.15) is 0 Å². The molecule has 0 saturated carbocycles. The lowest BCUT2D eigenvalue weighted by Gasteiger charge is -2.17. The van der Waals surface area contributed by atoms with Crippen LogP contribution < -0.4 is 11.3 Å². The number of carbonyl (C=O) groups is 1. The smallest absolute Gasteiger partial charge is 0.254 e. The van der Waals surface area contributed by atoms with Crippen LogP contribution >= 0.6 is 0 Å². The number of H-pyrrole nitrogens is 1. The molecule has 1 aromatic heterocycles. The fourth-order valence-electron chi connectivity index (χ4n) is 2.00. The minimum absolute atomic E-state index is 0.186. The number of aromatic amines is 1. The van der Waals surface area contributed by atoms with Crippen LogP contribution in [-0.4, -0.2) is 22.8 Å². The van der Waals surface area contributed by atoms with E-state index in [2.05, 4.69) is 4.98 Å². The van der Waals surface area contributed by atoms with Gasteiger partial charge >= 0.3 is 0 Å². The monoisotopic (exact) mass is 271 g/mol. The van der Waals surface area contributed by atoms with Gasteiger partial charge < -0.3 is 15.6 Å². The Morgan fingerprint density at radius 1 is 1.25 bits per heavy atom. The summed E-state index contributed by atoms with van der Waals surface area (Å²) in [4.78, 5) is 27.5. The average molecular weight is 271 g/mol. The SMILES string of the molecule is CN(Cc1cccc(CN)c1)C(=O)c1cc[nH]c(=O)c1. The minimum Gasteiger partial charge on any atom is -0.337 e. The second kappa shape index (κ2) is 6.16. The number of pyridine rings is 1. The lowest BCUT2D eigenvalue weighted by atomic mass is 10.1. The third-order valence-corrected chi connectivity index (χ3v) is 3.02. The second-order valence-electron chi connectivity index (χ2n) is 4.63. The molecule has 2 rings (SSSR count). The Kier molecular flexibility index (Phi) is 4.32. The summed E-state index contributed by atoms with van der Waals surface area (Å²) in [5.74, 6) is -0.186. The largest absolute Gasteiger partial charge is 0.337 e. The number of nitrogens with one attached hydrogen (secondary N) is 1. The van der Waals surface area contributed by atoms with Crippen LogP contribution in [0, 0.1) is 0 Å². The van der Waals surface area contributed by atoms with Crippen LogP contribution in [0.3, 0.4) is 0 Å². The van der Waals surface area contributed by atoms with Crippen molar-refractivity contribution in [1.82, 2.24) is 9.88 Å². The number of hydrogen-bond donors (Lipinski definition) is 2. The Hall–Kier alpha value is -2.40. The zero-order valence-electron chi connectivity index (χ0n) is 11.3. The maximum absolute atomic E-state index is 12.2. The van der Waals surface area contributed by atoms with Gasteiger partial charge in [-0.3, -0.25) is 9.59 Å². The summed E-state index contributed by atoms with van der Waals surface area (Å²) in [6.45, 7) is 0.943. The van der Waals surface area contributed by atoms with E-state index in [0.717, 1.165) is 11.1 Å². The van der Waals surface area contributed by atoms with Crippen molar-refractivity contribution in [2.24, 2.45) is 5.73 Å². The van der Waals surface area contributed by atoms with Crippen LogP contribution in [0.4, 0.5) is 0 Å². The zero-order valence-corrected chi connectivity index (χ0v) is 11.3. The van der Waals surface area contributed by atoms with Crippen LogP contribution in [0.25, 0.3) is 0 Å². The van der Waals surface area contributed by atoms with Crippen molar-refractivity contribution in [2.45, 2.75) is 13.1 Å². The zero-order chi connectivity index (χ0) is 14.5. The number of carbonyl (C=O) groups excluding carboxylic acids is 1. The molecule has 5 heteroatoms. The Labute approximate surface area is 117 Å². The standard InChI is InChI=1S/C15H17N3O2/c1-18(10-12-4-2-3-11(7-12)9-16)15(20)13-5-6-17-14(19)8-13/h2-8H,9-10,16H2,1H3,(H,17,19). The summed E-state index contributed by atoms with van der Waals surface area (Å²) in [7, 11) is 1.71. The fraction of sp³-hybridized carbons (Fsp3) is 0.200. The molecule has 20 heavy (non-hydrogen) atoms. The van der Waals surface area contributed by atoms with Gasteiger partial charge in [0.05, 0.1) is 0 Å². The molecule has 1 amide bonds. The number of hydrogen-bond acceptors (Lipinski definition) is 3. The number of aromatic nitrogens is 1. The molecule has 0 fully saturated rings. The molecule has 0 atom stereocenters. The maximum atomic E-state index is 12.2. The first-order chi connectivity index (χ1) is 9.60. The quantitative estimate of drug-likeness (QED) is 0.874. The molecule has 0 radical (unpaired) electrons. The minimum atomic E-state index is -0.283. The summed E-state index contributed by atoms with van der Waals surface area (Å²) >= 11 is 0. The molecule has 2 aromatic rings. The van der Waals surface area contributed by atoms with Crippen LogP contribution in [0.5, 0.6) is 0 Å². The van der Waals surface area contributed by atoms with Gasteiger partial charge in [-0.25, -0.2) is 0 Å². The van der Waals surface area contributed by atoms with E-state index in [0.29, 0.717) is 18.7 Å². The summed E-state index contributed by atoms with van der Waals surface area (Å²) in [6, 6.07) is 10.7. The molecule has 0 spiro atoms. The Morgan fingerprint density at radius 2 is 2.00 bits per heavy atom. The number of benzene rings is 1. The molecular weight excluding hydrogens is 254 g/mol. The first-order valence-corrected chi connectivity index (χ1v) is 6.32. The van der Waals surface area contributed by atoms with Crippen molar-refractivity contribution in [3.05, 3.63) is 69.6 Å². The highest BCUT2D eigenvalue weighted by Crippen LogP contribution is 2.09. The molecule has 0 unspecified atom stereocenters. The van der Waals surface area contributed by atoms with Crippen LogP contribution in [0.15, 0.2) is 47.4 Å². The molecule has 5 nitrogen and oxygen atoms in total. The van der Waals surface area contributed by atoms with Gasteiger partial charge in [-0.2, -0.15) is 0 Å². The first-order valence-electron chi connectivity index (χ1n) is 6.32. The van der Waals surface area contributed by atoms with Crippen LogP contribution in [0.1, 0.15) is 21.5 Å². The van der Waals surface area contributed by atoms with E-state index in [1.165, 1.54) is 12.3 Å². The molecule has 3 N–H and O–H groups in total. The number of nitrogens with two attached hydrogens (primary N) is 1. The summed E-state index contributed by atoms with van der Waals surface area (Å²) < 4.78 is 0. The Morgan fingerprint density at radius 3 is 2.70 bits per heavy atom. The van der Waals surface area contributed by atoms with E-state index in [9.17, 15) is 9.59 Å². The molecule has 1 heterocycles. The van der Waals surface area contributed by atoms with E-state index in [1.54, 1.807) is 18.0 Å². The maximum Gasteiger partial charge on any atom is 0.254 e. The molecule has 0 aliphatic heterocycles. The molecule has 104 valence electrons. The van der Waals surface area contributed by atoms with Crippen molar-refractivity contribution in [1.29, 1.82) is 0 Å². The highest BCUT2D eigenvalue weighted by Gasteiger charge is 2.12. The third-order valence-electron chi connectivity index (χ3n) is 3.02. The van der Waals surface area contributed by atoms with E-state index in [-0.39, 0.29) is 11.5 Å². The van der Waals surface area contributed by atoms with Crippen molar-refractivity contribution in [2.75, 3.05) is 7.05 Å². The van der Waals surface area contributed by atoms with E-state index in [4.69, 9.17) is 5.73 Å². The van der Waals surface area contributed by atoms with Gasteiger partial charge in [0, 0.05) is 38.0 Å². The van der Waals surface area contributed by atoms with E-state index in [1.807, 2.05) is 24.3 Å². The number of amides is 1. The molecule has 1 aromatic carbocycles. The fourth-order valence-corrected chi connectivity index (χ4v) is 2.00. The second-order valence-corrected chi connectivity index (χ2v) is 4.63. The highest BCUT2D eigenvalue weighted by atomic mass is 16.2. The lowest BCUT2D eigenvalue weighted by molar-refractivity contribution is 0.0785. The molecule has 0 saturated heterocycles. The third kappa shape index (κ3) is 3.33. The van der Waals surface area contributed by atoms with Gasteiger partial charge in [0.25, 0.3) is 5.91 Å². The topological polar surface area (TPSA) is 79.2 Å². The summed E-state index contributed by atoms with van der Waals surface area (Å²) in [5.41, 5.74) is 7.73. The van der Waals surface area contributed by atoms with Crippen LogP contribution in [0.2, 0.25) is 0 Å². The summed E-state index contributed by atoms with van der Waals surface area (Å²) in [5, 5.41) is 0. The average Bonchev–Trinajstić information content (AvgIpc) is 2.46. The van der Waals surface area contributed by atoms with Crippen LogP contribution in [-0.2, 0) is 13.1 Å². The Bertz CT molecular complexity index is 664. The number of nitrogens with zero attached hydrogens (tertiary/aromatic N) is 1. The highest BCUT2D eigenvalue weighted by molar-refractivity contribution is 5.93. The lowest BCUT2D eigenvalue weighted by Crippen LogP contribution is -2.27. The van der Waals surface area contributed by atoms with E-state index < -0.39 is 0 Å². The normalized spacial score (nSPS) is 10.3. The Balaban J connectivity index is 2.13. The van der Waals surface area contributed by atoms with Crippen molar-refractivity contribution in [3.63, 3.8) is 0 Å². The predicted molar refractivity (Wildman–Crippen MR) is 77.2 cm³/mol. The van der Waals surface area contributed by atoms with Gasteiger partial charge in [0.2, 0.25) is 5.56 Å². The van der Waals surface area contributed by atoms with Crippen molar-refractivity contribution >= 4 is 5.91 Å². The molecule has 0 aliphatic carbocycles. The van der Waals surface area contributed by atoms with E-state index >= 15 is 0 Å².